The Labute approximate surface area is 112 Å². The average molecular weight is 266 g/mol. The molecule has 2 atom stereocenters. The van der Waals surface area contributed by atoms with Gasteiger partial charge in [-0.25, -0.2) is 0 Å². The number of ketones is 1. The van der Waals surface area contributed by atoms with Crippen LogP contribution in [0.1, 0.15) is 18.9 Å². The molecule has 1 fully saturated rings. The number of carbonyl (C=O) groups is 1. The van der Waals surface area contributed by atoms with Crippen molar-refractivity contribution in [2.75, 3.05) is 11.5 Å². The molecule has 0 aliphatic carbocycles. The topological polar surface area (TPSA) is 17.1 Å². The van der Waals surface area contributed by atoms with E-state index in [2.05, 4.69) is 6.92 Å². The van der Waals surface area contributed by atoms with Crippen LogP contribution >= 0.6 is 23.5 Å². The van der Waals surface area contributed by atoms with Crippen molar-refractivity contribution in [2.24, 2.45) is 0 Å². The van der Waals surface area contributed by atoms with Crippen molar-refractivity contribution in [3.8, 4) is 0 Å². The molecule has 0 N–H and O–H groups in total. The smallest absolute Gasteiger partial charge is 0.151 e. The Morgan fingerprint density at radius 2 is 1.94 bits per heavy atom. The third kappa shape index (κ3) is 3.52. The highest BCUT2D eigenvalue weighted by Crippen LogP contribution is 2.34. The molecule has 2 rings (SSSR count). The molecule has 3 heteroatoms. The fourth-order valence-electron chi connectivity index (χ4n) is 2.10. The maximum atomic E-state index is 12.3. The van der Waals surface area contributed by atoms with Crippen LogP contribution in [0.25, 0.3) is 0 Å². The summed E-state index contributed by atoms with van der Waals surface area (Å²) in [5, 5.41) is 0.726. The third-order valence-electron chi connectivity index (χ3n) is 2.99. The summed E-state index contributed by atoms with van der Waals surface area (Å²) in [6.45, 7) is 2.19. The van der Waals surface area contributed by atoms with Crippen molar-refractivity contribution < 1.29 is 4.79 Å². The summed E-state index contributed by atoms with van der Waals surface area (Å²) < 4.78 is 0. The van der Waals surface area contributed by atoms with E-state index >= 15 is 0 Å². The maximum Gasteiger partial charge on any atom is 0.151 e. The van der Waals surface area contributed by atoms with Crippen LogP contribution in [0.15, 0.2) is 30.3 Å². The Kier molecular flexibility index (Phi) is 4.99. The standard InChI is InChI=1S/C14H18OS2/c1-2-13-14(17-9-8-16-13)12(15)10-11-6-4-3-5-7-11/h3-7,13-14H,2,8-10H2,1H3. The average Bonchev–Trinajstić information content (AvgIpc) is 2.40. The Hall–Kier alpha value is -0.410. The number of Topliss-reactive ketones (excluding diaryl/α,β-unsaturated/α-hetero) is 1. The van der Waals surface area contributed by atoms with E-state index in [1.54, 1.807) is 0 Å². The van der Waals surface area contributed by atoms with E-state index in [-0.39, 0.29) is 5.25 Å². The van der Waals surface area contributed by atoms with E-state index in [0.717, 1.165) is 17.7 Å². The van der Waals surface area contributed by atoms with Crippen molar-refractivity contribution in [1.29, 1.82) is 0 Å². The molecule has 92 valence electrons. The molecule has 1 aromatic carbocycles. The van der Waals surface area contributed by atoms with Gasteiger partial charge in [-0.2, -0.15) is 11.8 Å². The Morgan fingerprint density at radius 3 is 2.65 bits per heavy atom. The van der Waals surface area contributed by atoms with Crippen LogP contribution in [-0.2, 0) is 11.2 Å². The molecule has 1 heterocycles. The molecular formula is C14H18OS2. The molecular weight excluding hydrogens is 248 g/mol. The van der Waals surface area contributed by atoms with Crippen molar-refractivity contribution >= 4 is 29.3 Å². The van der Waals surface area contributed by atoms with Gasteiger partial charge in [-0.3, -0.25) is 4.79 Å². The van der Waals surface area contributed by atoms with Gasteiger partial charge in [0.15, 0.2) is 5.78 Å². The maximum absolute atomic E-state index is 12.3. The fraction of sp³-hybridized carbons (Fsp3) is 0.500. The molecule has 1 aliphatic rings. The van der Waals surface area contributed by atoms with Crippen molar-refractivity contribution in [2.45, 2.75) is 30.3 Å². The monoisotopic (exact) mass is 266 g/mol. The first-order chi connectivity index (χ1) is 8.31. The Bertz CT molecular complexity index is 364. The van der Waals surface area contributed by atoms with Gasteiger partial charge in [-0.15, -0.1) is 11.8 Å². The van der Waals surface area contributed by atoms with Crippen molar-refractivity contribution in [3.63, 3.8) is 0 Å². The van der Waals surface area contributed by atoms with Crippen LogP contribution in [0.5, 0.6) is 0 Å². The van der Waals surface area contributed by atoms with Gasteiger partial charge in [-0.1, -0.05) is 37.3 Å². The lowest BCUT2D eigenvalue weighted by molar-refractivity contribution is -0.117. The SMILES string of the molecule is CCC1SCCSC1C(=O)Cc1ccccc1. The quantitative estimate of drug-likeness (QED) is 0.831. The van der Waals surface area contributed by atoms with Crippen LogP contribution in [0.2, 0.25) is 0 Å². The molecule has 17 heavy (non-hydrogen) atoms. The zero-order chi connectivity index (χ0) is 12.1. The lowest BCUT2D eigenvalue weighted by atomic mass is 10.0. The molecule has 0 radical (unpaired) electrons. The van der Waals surface area contributed by atoms with Crippen LogP contribution in [0.4, 0.5) is 0 Å². The summed E-state index contributed by atoms with van der Waals surface area (Å²) in [6, 6.07) is 10.1. The first-order valence-electron chi connectivity index (χ1n) is 6.11. The fourth-order valence-corrected chi connectivity index (χ4v) is 5.14. The molecule has 0 aromatic heterocycles. The number of rotatable bonds is 4. The van der Waals surface area contributed by atoms with E-state index in [1.807, 2.05) is 53.9 Å². The summed E-state index contributed by atoms with van der Waals surface area (Å²) in [4.78, 5) is 12.3. The molecule has 1 aliphatic heterocycles. The highest BCUT2D eigenvalue weighted by Gasteiger charge is 2.30. The van der Waals surface area contributed by atoms with Gasteiger partial charge in [0.1, 0.15) is 0 Å². The van der Waals surface area contributed by atoms with Crippen molar-refractivity contribution in [1.82, 2.24) is 0 Å². The molecule has 0 bridgehead atoms. The highest BCUT2D eigenvalue weighted by atomic mass is 32.2. The normalized spacial score (nSPS) is 24.5. The zero-order valence-electron chi connectivity index (χ0n) is 10.1. The molecule has 0 amide bonds. The number of carbonyl (C=O) groups excluding carboxylic acids is 1. The third-order valence-corrected chi connectivity index (χ3v) is 6.29. The summed E-state index contributed by atoms with van der Waals surface area (Å²) in [5.41, 5.74) is 1.14. The van der Waals surface area contributed by atoms with Gasteiger partial charge >= 0.3 is 0 Å². The summed E-state index contributed by atoms with van der Waals surface area (Å²) in [7, 11) is 0. The summed E-state index contributed by atoms with van der Waals surface area (Å²) in [6.07, 6.45) is 1.69. The predicted molar refractivity (Wildman–Crippen MR) is 77.9 cm³/mol. The highest BCUT2D eigenvalue weighted by molar-refractivity contribution is 8.07. The predicted octanol–water partition coefficient (Wildman–Crippen LogP) is 3.43. The summed E-state index contributed by atoms with van der Waals surface area (Å²) >= 11 is 3.82. The molecule has 1 nitrogen and oxygen atoms in total. The zero-order valence-corrected chi connectivity index (χ0v) is 11.7. The van der Waals surface area contributed by atoms with Crippen LogP contribution in [0.3, 0.4) is 0 Å². The van der Waals surface area contributed by atoms with E-state index in [4.69, 9.17) is 0 Å². The molecule has 1 saturated heterocycles. The lowest BCUT2D eigenvalue weighted by Crippen LogP contribution is -2.33. The van der Waals surface area contributed by atoms with Crippen molar-refractivity contribution in [3.05, 3.63) is 35.9 Å². The van der Waals surface area contributed by atoms with Gasteiger partial charge in [0, 0.05) is 23.2 Å². The molecule has 0 saturated carbocycles. The van der Waals surface area contributed by atoms with Gasteiger partial charge in [0.05, 0.1) is 5.25 Å². The molecule has 0 spiro atoms. The van der Waals surface area contributed by atoms with Crippen LogP contribution in [-0.4, -0.2) is 27.8 Å². The number of benzene rings is 1. The second-order valence-electron chi connectivity index (χ2n) is 4.24. The largest absolute Gasteiger partial charge is 0.298 e. The minimum atomic E-state index is 0.207. The van der Waals surface area contributed by atoms with Gasteiger partial charge < -0.3 is 0 Å². The lowest BCUT2D eigenvalue weighted by Gasteiger charge is -2.28. The second kappa shape index (κ2) is 6.50. The van der Waals surface area contributed by atoms with E-state index in [1.165, 1.54) is 5.75 Å². The van der Waals surface area contributed by atoms with Crippen LogP contribution in [0, 0.1) is 0 Å². The van der Waals surface area contributed by atoms with Gasteiger partial charge in [-0.05, 0) is 12.0 Å². The number of hydrogen-bond donors (Lipinski definition) is 0. The Morgan fingerprint density at radius 1 is 1.24 bits per heavy atom. The second-order valence-corrected chi connectivity index (χ2v) is 6.83. The van der Waals surface area contributed by atoms with E-state index < -0.39 is 0 Å². The summed E-state index contributed by atoms with van der Waals surface area (Å²) in [5.74, 6) is 2.71. The van der Waals surface area contributed by atoms with Gasteiger partial charge in [0.25, 0.3) is 0 Å². The first-order valence-corrected chi connectivity index (χ1v) is 8.21. The van der Waals surface area contributed by atoms with Gasteiger partial charge in [0.2, 0.25) is 0 Å². The minimum Gasteiger partial charge on any atom is -0.298 e. The number of thioether (sulfide) groups is 2. The Balaban J connectivity index is 1.99. The van der Waals surface area contributed by atoms with E-state index in [9.17, 15) is 4.79 Å². The minimum absolute atomic E-state index is 0.207. The molecule has 2 unspecified atom stereocenters. The molecule has 1 aromatic rings. The van der Waals surface area contributed by atoms with Crippen LogP contribution < -0.4 is 0 Å². The van der Waals surface area contributed by atoms with E-state index in [0.29, 0.717) is 17.5 Å². The first kappa shape index (κ1) is 13.0. The number of hydrogen-bond acceptors (Lipinski definition) is 3.